The standard InChI is InChI=1S/C25H26N6O7/c1-28(21-22(26)30(25(35)27-23(21)33)14-16-7-3-2-4-8-16)20(32)15-38-24(34)18-13-17(31(36)37)9-10-19(18)29-11-5-6-12-29/h2-4,7-10,13H,5-6,11-12,14-15,26H2,1H3,(H,27,33,35). The van der Waals surface area contributed by atoms with Crippen LogP contribution in [-0.4, -0.2) is 53.1 Å². The summed E-state index contributed by atoms with van der Waals surface area (Å²) in [6, 6.07) is 12.8. The van der Waals surface area contributed by atoms with Gasteiger partial charge in [-0.1, -0.05) is 30.3 Å². The Morgan fingerprint density at radius 2 is 1.82 bits per heavy atom. The zero-order valence-corrected chi connectivity index (χ0v) is 20.6. The van der Waals surface area contributed by atoms with Crippen LogP contribution < -0.4 is 26.8 Å². The van der Waals surface area contributed by atoms with Crippen molar-refractivity contribution in [2.75, 3.05) is 42.3 Å². The van der Waals surface area contributed by atoms with Gasteiger partial charge in [-0.2, -0.15) is 0 Å². The van der Waals surface area contributed by atoms with Gasteiger partial charge in [0.1, 0.15) is 5.82 Å². The van der Waals surface area contributed by atoms with Crippen LogP contribution in [0.1, 0.15) is 28.8 Å². The van der Waals surface area contributed by atoms with Crippen molar-refractivity contribution in [3.63, 3.8) is 0 Å². The smallest absolute Gasteiger partial charge is 0.341 e. The fraction of sp³-hybridized carbons (Fsp3) is 0.280. The number of amides is 1. The van der Waals surface area contributed by atoms with E-state index in [1.54, 1.807) is 24.3 Å². The van der Waals surface area contributed by atoms with Gasteiger partial charge in [-0.3, -0.25) is 29.3 Å². The van der Waals surface area contributed by atoms with Crippen molar-refractivity contribution in [1.82, 2.24) is 9.55 Å². The van der Waals surface area contributed by atoms with Gasteiger partial charge in [0.05, 0.1) is 22.7 Å². The quantitative estimate of drug-likeness (QED) is 0.252. The molecule has 0 spiro atoms. The number of aromatic nitrogens is 2. The summed E-state index contributed by atoms with van der Waals surface area (Å²) in [5.41, 5.74) is 5.12. The van der Waals surface area contributed by atoms with E-state index in [2.05, 4.69) is 4.98 Å². The molecule has 0 radical (unpaired) electrons. The number of nitro benzene ring substituents is 1. The molecule has 0 bridgehead atoms. The van der Waals surface area contributed by atoms with Gasteiger partial charge < -0.3 is 20.3 Å². The SMILES string of the molecule is CN(C(=O)COC(=O)c1cc([N+](=O)[O-])ccc1N1CCCC1)c1c(N)n(Cc2ccccc2)c(=O)[nH]c1=O. The van der Waals surface area contributed by atoms with Crippen LogP contribution >= 0.6 is 0 Å². The molecule has 3 aromatic rings. The van der Waals surface area contributed by atoms with Crippen molar-refractivity contribution in [3.05, 3.63) is 90.6 Å². The highest BCUT2D eigenvalue weighted by Gasteiger charge is 2.26. The maximum Gasteiger partial charge on any atom is 0.341 e. The zero-order chi connectivity index (χ0) is 27.4. The van der Waals surface area contributed by atoms with Gasteiger partial charge in [0, 0.05) is 32.3 Å². The van der Waals surface area contributed by atoms with E-state index < -0.39 is 34.7 Å². The van der Waals surface area contributed by atoms with Crippen LogP contribution in [0.3, 0.4) is 0 Å². The van der Waals surface area contributed by atoms with Crippen LogP contribution in [0.4, 0.5) is 22.9 Å². The minimum atomic E-state index is -0.923. The monoisotopic (exact) mass is 522 g/mol. The molecule has 13 heteroatoms. The number of anilines is 3. The van der Waals surface area contributed by atoms with Gasteiger partial charge in [-0.25, -0.2) is 9.59 Å². The van der Waals surface area contributed by atoms with Gasteiger partial charge in [-0.15, -0.1) is 0 Å². The number of carbonyl (C=O) groups excluding carboxylic acids is 2. The molecular weight excluding hydrogens is 496 g/mol. The number of nitro groups is 1. The third-order valence-electron chi connectivity index (χ3n) is 6.29. The fourth-order valence-corrected chi connectivity index (χ4v) is 4.29. The number of hydrogen-bond acceptors (Lipinski definition) is 9. The number of ether oxygens (including phenoxy) is 1. The van der Waals surface area contributed by atoms with Gasteiger partial charge >= 0.3 is 11.7 Å². The second-order valence-electron chi connectivity index (χ2n) is 8.75. The molecule has 0 saturated carbocycles. The molecule has 1 aliphatic heterocycles. The number of H-pyrrole nitrogens is 1. The third-order valence-corrected chi connectivity index (χ3v) is 6.29. The lowest BCUT2D eigenvalue weighted by Gasteiger charge is -2.22. The summed E-state index contributed by atoms with van der Waals surface area (Å²) in [6.45, 7) is 0.646. The predicted molar refractivity (Wildman–Crippen MR) is 140 cm³/mol. The predicted octanol–water partition coefficient (Wildman–Crippen LogP) is 1.50. The molecule has 0 unspecified atom stereocenters. The van der Waals surface area contributed by atoms with Crippen molar-refractivity contribution in [2.45, 2.75) is 19.4 Å². The molecule has 1 fully saturated rings. The molecule has 0 aliphatic carbocycles. The lowest BCUT2D eigenvalue weighted by molar-refractivity contribution is -0.384. The number of likely N-dealkylation sites (N-methyl/N-ethyl adjacent to an activating group) is 1. The van der Waals surface area contributed by atoms with E-state index in [1.807, 2.05) is 11.0 Å². The van der Waals surface area contributed by atoms with Gasteiger partial charge in [-0.05, 0) is 24.5 Å². The molecule has 198 valence electrons. The van der Waals surface area contributed by atoms with Crippen molar-refractivity contribution in [3.8, 4) is 0 Å². The molecule has 3 N–H and O–H groups in total. The molecule has 1 aliphatic rings. The number of nitrogens with one attached hydrogen (secondary N) is 1. The molecule has 1 aromatic heterocycles. The maximum atomic E-state index is 12.9. The van der Waals surface area contributed by atoms with Crippen molar-refractivity contribution in [1.29, 1.82) is 0 Å². The molecular formula is C25H26N6O7. The Morgan fingerprint density at radius 1 is 1.13 bits per heavy atom. The highest BCUT2D eigenvalue weighted by Crippen LogP contribution is 2.29. The number of nitrogens with zero attached hydrogens (tertiary/aromatic N) is 4. The summed E-state index contributed by atoms with van der Waals surface area (Å²) >= 11 is 0. The van der Waals surface area contributed by atoms with Gasteiger partial charge in [0.15, 0.2) is 12.3 Å². The summed E-state index contributed by atoms with van der Waals surface area (Å²) in [7, 11) is 1.26. The van der Waals surface area contributed by atoms with Crippen LogP contribution in [0, 0.1) is 10.1 Å². The van der Waals surface area contributed by atoms with E-state index in [-0.39, 0.29) is 29.3 Å². The molecule has 0 atom stereocenters. The molecule has 1 amide bonds. The number of non-ortho nitro benzene ring substituents is 1. The topological polar surface area (TPSA) is 174 Å². The summed E-state index contributed by atoms with van der Waals surface area (Å²) in [4.78, 5) is 66.4. The highest BCUT2D eigenvalue weighted by molar-refractivity contribution is 6.00. The van der Waals surface area contributed by atoms with E-state index in [4.69, 9.17) is 10.5 Å². The molecule has 13 nitrogen and oxygen atoms in total. The minimum absolute atomic E-state index is 0.0367. The van der Waals surface area contributed by atoms with Crippen LogP contribution in [0.2, 0.25) is 0 Å². The molecule has 1 saturated heterocycles. The van der Waals surface area contributed by atoms with Crippen molar-refractivity contribution >= 4 is 34.8 Å². The highest BCUT2D eigenvalue weighted by atomic mass is 16.6. The van der Waals surface area contributed by atoms with E-state index in [1.165, 1.54) is 19.2 Å². The van der Waals surface area contributed by atoms with Crippen LogP contribution in [0.15, 0.2) is 58.1 Å². The number of benzene rings is 2. The number of nitrogen functional groups attached to an aromatic ring is 1. The van der Waals surface area contributed by atoms with E-state index in [0.29, 0.717) is 18.8 Å². The number of nitrogens with two attached hydrogens (primary N) is 1. The second-order valence-corrected chi connectivity index (χ2v) is 8.75. The largest absolute Gasteiger partial charge is 0.452 e. The Labute approximate surface area is 216 Å². The van der Waals surface area contributed by atoms with E-state index in [9.17, 15) is 29.3 Å². The summed E-state index contributed by atoms with van der Waals surface area (Å²) in [5, 5.41) is 11.3. The first-order chi connectivity index (χ1) is 18.2. The normalized spacial score (nSPS) is 12.8. The number of rotatable bonds is 8. The Morgan fingerprint density at radius 3 is 2.47 bits per heavy atom. The van der Waals surface area contributed by atoms with Gasteiger partial charge in [0.2, 0.25) is 0 Å². The summed E-state index contributed by atoms with van der Waals surface area (Å²) in [5.74, 6) is -1.96. The Kier molecular flexibility index (Phi) is 7.55. The number of carbonyl (C=O) groups is 2. The van der Waals surface area contributed by atoms with E-state index >= 15 is 0 Å². The van der Waals surface area contributed by atoms with E-state index in [0.717, 1.165) is 33.9 Å². The lowest BCUT2D eigenvalue weighted by atomic mass is 10.1. The van der Waals surface area contributed by atoms with Crippen molar-refractivity contribution < 1.29 is 19.2 Å². The van der Waals surface area contributed by atoms with Crippen LogP contribution in [0.5, 0.6) is 0 Å². The Bertz CT molecular complexity index is 1490. The minimum Gasteiger partial charge on any atom is -0.452 e. The fourth-order valence-electron chi connectivity index (χ4n) is 4.29. The van der Waals surface area contributed by atoms with Gasteiger partial charge in [0.25, 0.3) is 17.2 Å². The Balaban J connectivity index is 1.54. The maximum absolute atomic E-state index is 12.9. The molecule has 38 heavy (non-hydrogen) atoms. The average Bonchev–Trinajstić information content (AvgIpc) is 3.44. The number of aromatic amines is 1. The lowest BCUT2D eigenvalue weighted by Crippen LogP contribution is -2.40. The third kappa shape index (κ3) is 5.40. The Hall–Kier alpha value is -4.94. The first-order valence-corrected chi connectivity index (χ1v) is 11.8. The average molecular weight is 523 g/mol. The molecule has 2 aromatic carbocycles. The number of esters is 1. The van der Waals surface area contributed by atoms with Crippen LogP contribution in [0.25, 0.3) is 0 Å². The molecule has 4 rings (SSSR count). The zero-order valence-electron chi connectivity index (χ0n) is 20.6. The summed E-state index contributed by atoms with van der Waals surface area (Å²) < 4.78 is 6.31. The number of hydrogen-bond donors (Lipinski definition) is 2. The second kappa shape index (κ2) is 11.0. The van der Waals surface area contributed by atoms with Crippen molar-refractivity contribution in [2.24, 2.45) is 0 Å². The van der Waals surface area contributed by atoms with Crippen LogP contribution in [-0.2, 0) is 16.1 Å². The first-order valence-electron chi connectivity index (χ1n) is 11.8. The molecule has 2 heterocycles. The first kappa shape index (κ1) is 26.1. The summed E-state index contributed by atoms with van der Waals surface area (Å²) in [6.07, 6.45) is 1.83.